The fourth-order valence-electron chi connectivity index (χ4n) is 2.58. The van der Waals surface area contributed by atoms with E-state index in [0.717, 1.165) is 35.3 Å². The van der Waals surface area contributed by atoms with E-state index in [9.17, 15) is 4.39 Å². The van der Waals surface area contributed by atoms with E-state index >= 15 is 0 Å². The van der Waals surface area contributed by atoms with E-state index in [1.54, 1.807) is 7.11 Å². The van der Waals surface area contributed by atoms with Gasteiger partial charge >= 0.3 is 0 Å². The van der Waals surface area contributed by atoms with Gasteiger partial charge in [0.15, 0.2) is 0 Å². The summed E-state index contributed by atoms with van der Waals surface area (Å²) in [4.78, 5) is 0. The molecule has 2 nitrogen and oxygen atoms in total. The second kappa shape index (κ2) is 6.72. The number of rotatable bonds is 5. The summed E-state index contributed by atoms with van der Waals surface area (Å²) in [5.74, 6) is 0.493. The van der Waals surface area contributed by atoms with Crippen LogP contribution in [0.5, 0.6) is 5.75 Å². The number of aryl methyl sites for hydroxylation is 2. The first-order valence-corrected chi connectivity index (χ1v) is 7.21. The van der Waals surface area contributed by atoms with Crippen LogP contribution in [0.15, 0.2) is 30.3 Å². The molecule has 0 atom stereocenters. The zero-order valence-electron chi connectivity index (χ0n) is 13.1. The van der Waals surface area contributed by atoms with Crippen molar-refractivity contribution in [1.29, 1.82) is 0 Å². The van der Waals surface area contributed by atoms with E-state index in [2.05, 4.69) is 12.2 Å². The molecule has 1 N–H and O–H groups in total. The molecular formula is C18H22FNO. The summed E-state index contributed by atoms with van der Waals surface area (Å²) in [7, 11) is 1.62. The molecule has 2 rings (SSSR count). The fraction of sp³-hybridized carbons (Fsp3) is 0.333. The molecule has 0 spiro atoms. The highest BCUT2D eigenvalue weighted by molar-refractivity contribution is 5.75. The van der Waals surface area contributed by atoms with Crippen LogP contribution in [0.3, 0.4) is 0 Å². The average Bonchev–Trinajstić information content (AvgIpc) is 2.46. The molecule has 0 aromatic heterocycles. The SMILES string of the molecule is CCNCc1ccc(F)c(-c2c(C)cc(C)cc2OC)c1. The number of hydrogen-bond donors (Lipinski definition) is 1. The smallest absolute Gasteiger partial charge is 0.131 e. The minimum absolute atomic E-state index is 0.222. The van der Waals surface area contributed by atoms with Crippen molar-refractivity contribution in [1.82, 2.24) is 5.32 Å². The molecule has 3 heteroatoms. The summed E-state index contributed by atoms with van der Waals surface area (Å²) >= 11 is 0. The van der Waals surface area contributed by atoms with Crippen LogP contribution in [0.2, 0.25) is 0 Å². The summed E-state index contributed by atoms with van der Waals surface area (Å²) in [6.07, 6.45) is 0. The Kier molecular flexibility index (Phi) is 4.97. The van der Waals surface area contributed by atoms with Gasteiger partial charge in [0.05, 0.1) is 7.11 Å². The highest BCUT2D eigenvalue weighted by Crippen LogP contribution is 2.36. The molecule has 21 heavy (non-hydrogen) atoms. The lowest BCUT2D eigenvalue weighted by Gasteiger charge is -2.15. The van der Waals surface area contributed by atoms with Crippen molar-refractivity contribution in [3.63, 3.8) is 0 Å². The van der Waals surface area contributed by atoms with Crippen LogP contribution < -0.4 is 10.1 Å². The van der Waals surface area contributed by atoms with Gasteiger partial charge < -0.3 is 10.1 Å². The maximum Gasteiger partial charge on any atom is 0.131 e. The number of ether oxygens (including phenoxy) is 1. The Bertz CT molecular complexity index is 637. The molecule has 0 aliphatic heterocycles. The number of nitrogens with one attached hydrogen (secondary N) is 1. The van der Waals surface area contributed by atoms with E-state index in [0.29, 0.717) is 11.3 Å². The lowest BCUT2D eigenvalue weighted by Crippen LogP contribution is -2.11. The standard InChI is InChI=1S/C18H22FNO/c1-5-20-11-14-6-7-16(19)15(10-14)18-13(3)8-12(2)9-17(18)21-4/h6-10,20H,5,11H2,1-4H3. The van der Waals surface area contributed by atoms with E-state index in [4.69, 9.17) is 4.74 Å². The molecule has 2 aromatic carbocycles. The summed E-state index contributed by atoms with van der Waals surface area (Å²) in [6.45, 7) is 7.67. The molecule has 0 amide bonds. The Labute approximate surface area is 126 Å². The number of methoxy groups -OCH3 is 1. The van der Waals surface area contributed by atoms with Crippen molar-refractivity contribution in [3.05, 3.63) is 52.8 Å². The number of benzene rings is 2. The van der Waals surface area contributed by atoms with Gasteiger partial charge in [0.25, 0.3) is 0 Å². The normalized spacial score (nSPS) is 10.7. The molecule has 0 aliphatic rings. The third kappa shape index (κ3) is 3.42. The number of halogens is 1. The van der Waals surface area contributed by atoms with Gasteiger partial charge in [-0.3, -0.25) is 0 Å². The quantitative estimate of drug-likeness (QED) is 0.888. The summed E-state index contributed by atoms with van der Waals surface area (Å²) in [5.41, 5.74) is 4.62. The second-order valence-corrected chi connectivity index (χ2v) is 5.25. The predicted octanol–water partition coefficient (Wildman–Crippen LogP) is 4.23. The summed E-state index contributed by atoms with van der Waals surface area (Å²) in [5, 5.41) is 3.26. The lowest BCUT2D eigenvalue weighted by molar-refractivity contribution is 0.415. The molecule has 0 bridgehead atoms. The van der Waals surface area contributed by atoms with Gasteiger partial charge in [0, 0.05) is 17.7 Å². The van der Waals surface area contributed by atoms with Crippen LogP contribution in [-0.4, -0.2) is 13.7 Å². The Hall–Kier alpha value is -1.87. The van der Waals surface area contributed by atoms with Gasteiger partial charge in [-0.2, -0.15) is 0 Å². The summed E-state index contributed by atoms with van der Waals surface area (Å²) < 4.78 is 19.8. The van der Waals surface area contributed by atoms with Crippen molar-refractivity contribution >= 4 is 0 Å². The number of hydrogen-bond acceptors (Lipinski definition) is 2. The Morgan fingerprint density at radius 2 is 1.90 bits per heavy atom. The zero-order chi connectivity index (χ0) is 15.4. The maximum atomic E-state index is 14.3. The highest BCUT2D eigenvalue weighted by Gasteiger charge is 2.14. The van der Waals surface area contributed by atoms with Crippen LogP contribution in [0.25, 0.3) is 11.1 Å². The summed E-state index contributed by atoms with van der Waals surface area (Å²) in [6, 6.07) is 9.24. The van der Waals surface area contributed by atoms with Crippen molar-refractivity contribution in [3.8, 4) is 16.9 Å². The molecule has 0 unspecified atom stereocenters. The zero-order valence-corrected chi connectivity index (χ0v) is 13.1. The monoisotopic (exact) mass is 287 g/mol. The van der Waals surface area contributed by atoms with Crippen LogP contribution in [0, 0.1) is 19.7 Å². The predicted molar refractivity (Wildman–Crippen MR) is 85.2 cm³/mol. The molecular weight excluding hydrogens is 265 g/mol. The van der Waals surface area contributed by atoms with E-state index in [1.807, 2.05) is 38.1 Å². The average molecular weight is 287 g/mol. The van der Waals surface area contributed by atoms with Crippen molar-refractivity contribution in [2.75, 3.05) is 13.7 Å². The molecule has 0 radical (unpaired) electrons. The van der Waals surface area contributed by atoms with Crippen LogP contribution in [0.4, 0.5) is 4.39 Å². The van der Waals surface area contributed by atoms with E-state index in [-0.39, 0.29) is 5.82 Å². The van der Waals surface area contributed by atoms with Crippen molar-refractivity contribution in [2.24, 2.45) is 0 Å². The molecule has 112 valence electrons. The van der Waals surface area contributed by atoms with Gasteiger partial charge in [0.2, 0.25) is 0 Å². The van der Waals surface area contributed by atoms with Gasteiger partial charge in [-0.15, -0.1) is 0 Å². The topological polar surface area (TPSA) is 21.3 Å². The molecule has 0 fully saturated rings. The molecule has 0 saturated heterocycles. The van der Waals surface area contributed by atoms with Gasteiger partial charge in [-0.25, -0.2) is 4.39 Å². The minimum atomic E-state index is -0.222. The van der Waals surface area contributed by atoms with E-state index in [1.165, 1.54) is 6.07 Å². The van der Waals surface area contributed by atoms with Crippen LogP contribution in [-0.2, 0) is 6.54 Å². The minimum Gasteiger partial charge on any atom is -0.496 e. The molecule has 0 saturated carbocycles. The van der Waals surface area contributed by atoms with Crippen LogP contribution in [0.1, 0.15) is 23.6 Å². The van der Waals surface area contributed by atoms with Gasteiger partial charge in [-0.05, 0) is 55.3 Å². The fourth-order valence-corrected chi connectivity index (χ4v) is 2.58. The first kappa shape index (κ1) is 15.5. The first-order valence-electron chi connectivity index (χ1n) is 7.21. The Morgan fingerprint density at radius 1 is 1.14 bits per heavy atom. The van der Waals surface area contributed by atoms with Crippen molar-refractivity contribution < 1.29 is 9.13 Å². The lowest BCUT2D eigenvalue weighted by atomic mass is 9.95. The molecule has 2 aromatic rings. The Morgan fingerprint density at radius 3 is 2.57 bits per heavy atom. The highest BCUT2D eigenvalue weighted by atomic mass is 19.1. The maximum absolute atomic E-state index is 14.3. The first-order chi connectivity index (χ1) is 10.1. The molecule has 0 aliphatic carbocycles. The second-order valence-electron chi connectivity index (χ2n) is 5.25. The Balaban J connectivity index is 2.55. The van der Waals surface area contributed by atoms with Gasteiger partial charge in [-0.1, -0.05) is 19.1 Å². The van der Waals surface area contributed by atoms with E-state index < -0.39 is 0 Å². The van der Waals surface area contributed by atoms with Crippen LogP contribution >= 0.6 is 0 Å². The third-order valence-electron chi connectivity index (χ3n) is 3.54. The van der Waals surface area contributed by atoms with Crippen molar-refractivity contribution in [2.45, 2.75) is 27.3 Å². The largest absolute Gasteiger partial charge is 0.496 e. The molecule has 0 heterocycles. The third-order valence-corrected chi connectivity index (χ3v) is 3.54. The van der Waals surface area contributed by atoms with Gasteiger partial charge in [0.1, 0.15) is 11.6 Å².